The molecule has 1 rings (SSSR count). The van der Waals surface area contributed by atoms with Crippen molar-refractivity contribution in [3.63, 3.8) is 0 Å². The third kappa shape index (κ3) is 5.00. The molecule has 1 aromatic rings. The van der Waals surface area contributed by atoms with Gasteiger partial charge < -0.3 is 15.3 Å². The number of nitrogens with zero attached hydrogens (tertiary/aromatic N) is 2. The second kappa shape index (κ2) is 7.97. The number of amides is 2. The van der Waals surface area contributed by atoms with E-state index in [1.807, 2.05) is 27.0 Å². The molecule has 0 saturated heterocycles. The molecular weight excluding hydrogens is 290 g/mol. The Morgan fingerprint density at radius 1 is 1.43 bits per heavy atom. The highest BCUT2D eigenvalue weighted by Crippen LogP contribution is 2.20. The summed E-state index contributed by atoms with van der Waals surface area (Å²) in [4.78, 5) is 30.0. The van der Waals surface area contributed by atoms with Crippen LogP contribution in [-0.2, 0) is 11.2 Å². The highest BCUT2D eigenvalue weighted by Gasteiger charge is 2.23. The van der Waals surface area contributed by atoms with Crippen LogP contribution in [0, 0.1) is 0 Å². The summed E-state index contributed by atoms with van der Waals surface area (Å²) in [6, 6.07) is -0.730. The predicted molar refractivity (Wildman–Crippen MR) is 82.5 cm³/mol. The molecule has 1 heterocycles. The minimum atomic E-state index is -1.01. The van der Waals surface area contributed by atoms with Crippen LogP contribution in [0.25, 0.3) is 0 Å². The van der Waals surface area contributed by atoms with Crippen molar-refractivity contribution in [2.75, 3.05) is 6.54 Å². The lowest BCUT2D eigenvalue weighted by molar-refractivity contribution is -0.138. The van der Waals surface area contributed by atoms with E-state index in [4.69, 9.17) is 5.11 Å². The molecule has 0 fully saturated rings. The molecule has 21 heavy (non-hydrogen) atoms. The van der Waals surface area contributed by atoms with E-state index in [0.29, 0.717) is 6.42 Å². The zero-order chi connectivity index (χ0) is 16.0. The summed E-state index contributed by atoms with van der Waals surface area (Å²) in [6.45, 7) is 7.37. The fourth-order valence-corrected chi connectivity index (χ4v) is 2.67. The minimum Gasteiger partial charge on any atom is -0.480 e. The van der Waals surface area contributed by atoms with Gasteiger partial charge >= 0.3 is 12.0 Å². The van der Waals surface area contributed by atoms with Gasteiger partial charge in [0.2, 0.25) is 0 Å². The fourth-order valence-electron chi connectivity index (χ4n) is 1.81. The van der Waals surface area contributed by atoms with Gasteiger partial charge in [-0.25, -0.2) is 9.78 Å². The number of thiazole rings is 1. The molecule has 0 saturated carbocycles. The van der Waals surface area contributed by atoms with Crippen LogP contribution in [0.2, 0.25) is 0 Å². The Bertz CT molecular complexity index is 490. The molecule has 0 bridgehead atoms. The average molecular weight is 313 g/mol. The van der Waals surface area contributed by atoms with Crippen LogP contribution >= 0.6 is 11.3 Å². The van der Waals surface area contributed by atoms with Gasteiger partial charge in [0.05, 0.1) is 6.04 Å². The zero-order valence-corrected chi connectivity index (χ0v) is 13.7. The summed E-state index contributed by atoms with van der Waals surface area (Å²) >= 11 is 1.56. The first kappa shape index (κ1) is 17.4. The topological polar surface area (TPSA) is 82.5 Å². The molecule has 2 N–H and O–H groups in total. The summed E-state index contributed by atoms with van der Waals surface area (Å²) in [7, 11) is 0. The van der Waals surface area contributed by atoms with Crippen LogP contribution in [-0.4, -0.2) is 39.6 Å². The van der Waals surface area contributed by atoms with Crippen LogP contribution in [0.1, 0.15) is 50.0 Å². The van der Waals surface area contributed by atoms with E-state index < -0.39 is 5.97 Å². The Hall–Kier alpha value is -1.63. The lowest BCUT2D eigenvalue weighted by atomic mass is 10.2. The summed E-state index contributed by atoms with van der Waals surface area (Å²) in [5.41, 5.74) is 0. The first-order valence-electron chi connectivity index (χ1n) is 7.12. The second-order valence-corrected chi connectivity index (χ2v) is 6.12. The van der Waals surface area contributed by atoms with E-state index in [0.717, 1.165) is 16.3 Å². The number of nitrogens with one attached hydrogen (secondary N) is 1. The van der Waals surface area contributed by atoms with Crippen molar-refractivity contribution >= 4 is 23.3 Å². The molecule has 2 unspecified atom stereocenters. The lowest BCUT2D eigenvalue weighted by Crippen LogP contribution is -2.47. The fraction of sp³-hybridized carbons (Fsp3) is 0.643. The summed E-state index contributed by atoms with van der Waals surface area (Å²) in [5.74, 6) is -1.01. The Balaban J connectivity index is 2.73. The van der Waals surface area contributed by atoms with Gasteiger partial charge in [0.25, 0.3) is 0 Å². The number of carbonyl (C=O) groups is 2. The molecular formula is C14H23N3O3S. The van der Waals surface area contributed by atoms with Gasteiger partial charge in [0.15, 0.2) is 0 Å². The summed E-state index contributed by atoms with van der Waals surface area (Å²) in [5, 5.41) is 12.6. The molecule has 0 spiro atoms. The Morgan fingerprint density at radius 2 is 2.10 bits per heavy atom. The van der Waals surface area contributed by atoms with Gasteiger partial charge in [-0.2, -0.15) is 0 Å². The summed E-state index contributed by atoms with van der Waals surface area (Å²) < 4.78 is 0. The average Bonchev–Trinajstić information content (AvgIpc) is 2.92. The maximum absolute atomic E-state index is 12.3. The number of aryl methyl sites for hydroxylation is 1. The van der Waals surface area contributed by atoms with Gasteiger partial charge in [-0.05, 0) is 26.7 Å². The maximum Gasteiger partial charge on any atom is 0.323 e. The number of aromatic nitrogens is 1. The SMILES string of the molecule is CCc1cnc(C(C)NC(=O)N(CC(=O)O)C(C)CC)s1. The number of carbonyl (C=O) groups excluding carboxylic acids is 1. The number of hydrogen-bond acceptors (Lipinski definition) is 4. The number of rotatable bonds is 7. The van der Waals surface area contributed by atoms with E-state index >= 15 is 0 Å². The number of hydrogen-bond donors (Lipinski definition) is 2. The van der Waals surface area contributed by atoms with E-state index in [1.54, 1.807) is 11.3 Å². The van der Waals surface area contributed by atoms with Crippen molar-refractivity contribution in [3.05, 3.63) is 16.1 Å². The number of urea groups is 1. The van der Waals surface area contributed by atoms with Gasteiger partial charge in [-0.1, -0.05) is 13.8 Å². The van der Waals surface area contributed by atoms with Crippen molar-refractivity contribution < 1.29 is 14.7 Å². The number of aliphatic carboxylic acids is 1. The van der Waals surface area contributed by atoms with Crippen LogP contribution in [0.3, 0.4) is 0 Å². The van der Waals surface area contributed by atoms with Crippen molar-refractivity contribution in [2.24, 2.45) is 0 Å². The third-order valence-electron chi connectivity index (χ3n) is 3.32. The zero-order valence-electron chi connectivity index (χ0n) is 12.9. The second-order valence-electron chi connectivity index (χ2n) is 4.97. The van der Waals surface area contributed by atoms with Crippen LogP contribution in [0.4, 0.5) is 4.79 Å². The predicted octanol–water partition coefficient (Wildman–Crippen LogP) is 2.66. The van der Waals surface area contributed by atoms with Crippen molar-refractivity contribution in [1.82, 2.24) is 15.2 Å². The third-order valence-corrected chi connectivity index (χ3v) is 4.64. The Labute approximate surface area is 129 Å². The molecule has 0 aliphatic rings. The first-order chi connectivity index (χ1) is 9.88. The van der Waals surface area contributed by atoms with Gasteiger partial charge in [0.1, 0.15) is 11.6 Å². The molecule has 2 atom stereocenters. The minimum absolute atomic E-state index is 0.129. The van der Waals surface area contributed by atoms with Crippen molar-refractivity contribution in [1.29, 1.82) is 0 Å². The molecule has 1 aromatic heterocycles. The van der Waals surface area contributed by atoms with E-state index in [1.165, 1.54) is 4.90 Å². The van der Waals surface area contributed by atoms with Crippen LogP contribution in [0.15, 0.2) is 6.20 Å². The monoisotopic (exact) mass is 313 g/mol. The van der Waals surface area contributed by atoms with Crippen molar-refractivity contribution in [3.8, 4) is 0 Å². The van der Waals surface area contributed by atoms with E-state index in [2.05, 4.69) is 17.2 Å². The molecule has 118 valence electrons. The summed E-state index contributed by atoms with van der Waals surface area (Å²) in [6.07, 6.45) is 3.43. The van der Waals surface area contributed by atoms with Crippen LogP contribution < -0.4 is 5.32 Å². The van der Waals surface area contributed by atoms with E-state index in [-0.39, 0.29) is 24.7 Å². The van der Waals surface area contributed by atoms with Gasteiger partial charge in [-0.3, -0.25) is 4.79 Å². The standard InChI is InChI=1S/C14H23N3O3S/c1-5-9(3)17(8-12(18)19)14(20)16-10(4)13-15-7-11(6-2)21-13/h7,9-10H,5-6,8H2,1-4H3,(H,16,20)(H,18,19). The molecule has 0 aliphatic carbocycles. The Kier molecular flexibility index (Phi) is 6.61. The highest BCUT2D eigenvalue weighted by atomic mass is 32.1. The van der Waals surface area contributed by atoms with Crippen LogP contribution in [0.5, 0.6) is 0 Å². The van der Waals surface area contributed by atoms with E-state index in [9.17, 15) is 9.59 Å². The molecule has 0 aromatic carbocycles. The first-order valence-corrected chi connectivity index (χ1v) is 7.94. The van der Waals surface area contributed by atoms with Crippen molar-refractivity contribution in [2.45, 2.75) is 52.6 Å². The molecule has 0 radical (unpaired) electrons. The number of carboxylic acids is 1. The normalized spacial score (nSPS) is 13.5. The Morgan fingerprint density at radius 3 is 2.57 bits per heavy atom. The molecule has 2 amide bonds. The molecule has 0 aliphatic heterocycles. The largest absolute Gasteiger partial charge is 0.480 e. The van der Waals surface area contributed by atoms with Gasteiger partial charge in [-0.15, -0.1) is 11.3 Å². The smallest absolute Gasteiger partial charge is 0.323 e. The quantitative estimate of drug-likeness (QED) is 0.810. The maximum atomic E-state index is 12.3. The highest BCUT2D eigenvalue weighted by molar-refractivity contribution is 7.11. The lowest BCUT2D eigenvalue weighted by Gasteiger charge is -2.28. The van der Waals surface area contributed by atoms with Gasteiger partial charge in [0, 0.05) is 17.1 Å². The molecule has 7 heteroatoms. The number of carboxylic acid groups (broad SMARTS) is 1. The molecule has 6 nitrogen and oxygen atoms in total.